The smallest absolute Gasteiger partial charge is 0.0991 e. The molecule has 0 aliphatic heterocycles. The van der Waals surface area contributed by atoms with Crippen LogP contribution >= 0.6 is 0 Å². The van der Waals surface area contributed by atoms with Gasteiger partial charge >= 0.3 is 0 Å². The number of aryl methyl sites for hydroxylation is 1. The van der Waals surface area contributed by atoms with Crippen molar-refractivity contribution in [2.75, 3.05) is 0 Å². The molecule has 4 aromatic rings. The van der Waals surface area contributed by atoms with Gasteiger partial charge in [0, 0.05) is 0 Å². The van der Waals surface area contributed by atoms with Crippen LogP contribution < -0.4 is 0 Å². The maximum Gasteiger partial charge on any atom is 0.0991 e. The minimum atomic E-state index is 0.688. The van der Waals surface area contributed by atoms with Crippen LogP contribution in [0.5, 0.6) is 0 Å². The van der Waals surface area contributed by atoms with Crippen molar-refractivity contribution >= 4 is 0 Å². The second kappa shape index (κ2) is 15.6. The van der Waals surface area contributed by atoms with Crippen molar-refractivity contribution in [3.05, 3.63) is 119 Å². The molecule has 0 radical (unpaired) electrons. The normalized spacial score (nSPS) is 21.7. The molecule has 0 amide bonds. The quantitative estimate of drug-likeness (QED) is 0.159. The van der Waals surface area contributed by atoms with E-state index in [1.807, 2.05) is 24.3 Å². The molecule has 0 spiro atoms. The van der Waals surface area contributed by atoms with Crippen LogP contribution in [0.15, 0.2) is 97.1 Å². The highest BCUT2D eigenvalue weighted by atomic mass is 14.3. The average molecular weight is 594 g/mol. The second-order valence-corrected chi connectivity index (χ2v) is 14.1. The molecule has 2 saturated carbocycles. The van der Waals surface area contributed by atoms with Gasteiger partial charge < -0.3 is 0 Å². The average Bonchev–Trinajstić information content (AvgIpc) is 3.12. The Morgan fingerprint density at radius 1 is 0.511 bits per heavy atom. The molecule has 232 valence electrons. The molecule has 0 heterocycles. The van der Waals surface area contributed by atoms with Crippen LogP contribution in [0, 0.1) is 23.2 Å². The van der Waals surface area contributed by atoms with Crippen LogP contribution in [0.25, 0.3) is 22.3 Å². The summed E-state index contributed by atoms with van der Waals surface area (Å²) >= 11 is 0. The molecule has 1 heteroatoms. The molecule has 0 unspecified atom stereocenters. The summed E-state index contributed by atoms with van der Waals surface area (Å²) in [6.07, 6.45) is 19.0. The predicted octanol–water partition coefficient (Wildman–Crippen LogP) is 12.7. The van der Waals surface area contributed by atoms with Crippen LogP contribution in [0.2, 0.25) is 0 Å². The maximum atomic E-state index is 9.05. The van der Waals surface area contributed by atoms with E-state index in [4.69, 9.17) is 5.26 Å². The number of unbranched alkanes of at least 4 members (excludes halogenated alkanes) is 2. The summed E-state index contributed by atoms with van der Waals surface area (Å²) in [5.74, 6) is 3.27. The van der Waals surface area contributed by atoms with Gasteiger partial charge in [-0.1, -0.05) is 118 Å². The lowest BCUT2D eigenvalue weighted by Crippen LogP contribution is -2.14. The summed E-state index contributed by atoms with van der Waals surface area (Å²) in [7, 11) is 0. The number of nitrogens with zero attached hydrogens (tertiary/aromatic N) is 1. The lowest BCUT2D eigenvalue weighted by molar-refractivity contribution is 0.303. The van der Waals surface area contributed by atoms with Crippen molar-refractivity contribution in [1.29, 1.82) is 5.26 Å². The number of hydrogen-bond donors (Lipinski definition) is 0. The van der Waals surface area contributed by atoms with Gasteiger partial charge in [-0.15, -0.1) is 0 Å². The van der Waals surface area contributed by atoms with Crippen molar-refractivity contribution in [2.24, 2.45) is 11.8 Å². The minimum Gasteiger partial charge on any atom is -0.192 e. The fraction of sp³-hybridized carbons (Fsp3) is 0.432. The van der Waals surface area contributed by atoms with Crippen LogP contribution in [-0.4, -0.2) is 0 Å². The molecule has 1 nitrogen and oxygen atoms in total. The van der Waals surface area contributed by atoms with Gasteiger partial charge in [0.2, 0.25) is 0 Å². The van der Waals surface area contributed by atoms with E-state index in [2.05, 4.69) is 85.8 Å². The summed E-state index contributed by atoms with van der Waals surface area (Å²) in [6.45, 7) is 2.31. The summed E-state index contributed by atoms with van der Waals surface area (Å²) in [4.78, 5) is 0. The topological polar surface area (TPSA) is 23.8 Å². The Labute approximate surface area is 272 Å². The van der Waals surface area contributed by atoms with Crippen LogP contribution in [0.4, 0.5) is 0 Å². The van der Waals surface area contributed by atoms with E-state index in [0.29, 0.717) is 11.5 Å². The number of rotatable bonds is 11. The van der Waals surface area contributed by atoms with Crippen molar-refractivity contribution in [3.8, 4) is 28.3 Å². The third-order valence-electron chi connectivity index (χ3n) is 11.1. The Balaban J connectivity index is 0.933. The van der Waals surface area contributed by atoms with E-state index in [9.17, 15) is 0 Å². The standard InChI is InChI=1S/C44H51N/c1-2-3-4-5-33-8-16-37(17-9-33)41-24-26-42(27-25-41)38-18-10-34(11-19-38)6-7-35-12-20-39(21-13-35)43-28-30-44(31-29-43)40-22-14-36(32-45)15-23-40/h10-11,14-15,18-19,22-31,33,35,37,39H,2-9,12-13,16-17,20-21H2,1H3/t33-,35-,37-,39-. The molecule has 2 aliphatic carbocycles. The summed E-state index contributed by atoms with van der Waals surface area (Å²) in [6, 6.07) is 38.2. The highest BCUT2D eigenvalue weighted by Gasteiger charge is 2.23. The SMILES string of the molecule is CCCCC[C@H]1CC[C@H](c2ccc(-c3ccc(CC[C@H]4CC[C@H](c5ccc(-c6ccc(C#N)cc6)cc5)CC4)cc3)cc2)CC1. The van der Waals surface area contributed by atoms with Crippen molar-refractivity contribution in [3.63, 3.8) is 0 Å². The molecule has 0 aromatic heterocycles. The summed E-state index contributed by atoms with van der Waals surface area (Å²) in [5, 5.41) is 9.05. The van der Waals surface area contributed by atoms with Gasteiger partial charge in [0.15, 0.2) is 0 Å². The lowest BCUT2D eigenvalue weighted by atomic mass is 9.76. The van der Waals surface area contributed by atoms with Gasteiger partial charge in [-0.05, 0) is 139 Å². The third-order valence-corrected chi connectivity index (χ3v) is 11.1. The van der Waals surface area contributed by atoms with Gasteiger partial charge in [0.25, 0.3) is 0 Å². The monoisotopic (exact) mass is 593 g/mol. The van der Waals surface area contributed by atoms with E-state index in [-0.39, 0.29) is 0 Å². The fourth-order valence-electron chi connectivity index (χ4n) is 8.12. The third kappa shape index (κ3) is 8.35. The molecule has 4 aromatic carbocycles. The molecule has 0 saturated heterocycles. The highest BCUT2D eigenvalue weighted by Crippen LogP contribution is 2.39. The first-order valence-electron chi connectivity index (χ1n) is 18.0. The van der Waals surface area contributed by atoms with Gasteiger partial charge in [-0.3, -0.25) is 0 Å². The Morgan fingerprint density at radius 3 is 1.38 bits per heavy atom. The molecule has 0 N–H and O–H groups in total. The molecule has 2 aliphatic rings. The first-order valence-corrected chi connectivity index (χ1v) is 18.0. The minimum absolute atomic E-state index is 0.688. The van der Waals surface area contributed by atoms with Gasteiger partial charge in [0.05, 0.1) is 11.6 Å². The first kappa shape index (κ1) is 31.4. The largest absolute Gasteiger partial charge is 0.192 e. The second-order valence-electron chi connectivity index (χ2n) is 14.1. The van der Waals surface area contributed by atoms with Crippen molar-refractivity contribution in [2.45, 2.75) is 109 Å². The zero-order chi connectivity index (χ0) is 30.8. The molecule has 0 bridgehead atoms. The van der Waals surface area contributed by atoms with E-state index in [0.717, 1.165) is 17.8 Å². The van der Waals surface area contributed by atoms with Crippen molar-refractivity contribution in [1.82, 2.24) is 0 Å². The van der Waals surface area contributed by atoms with Crippen LogP contribution in [0.1, 0.15) is 124 Å². The number of benzene rings is 4. The zero-order valence-electron chi connectivity index (χ0n) is 27.4. The highest BCUT2D eigenvalue weighted by molar-refractivity contribution is 5.65. The molecule has 0 atom stereocenters. The summed E-state index contributed by atoms with van der Waals surface area (Å²) in [5.41, 5.74) is 10.3. The predicted molar refractivity (Wildman–Crippen MR) is 190 cm³/mol. The van der Waals surface area contributed by atoms with Crippen LogP contribution in [-0.2, 0) is 6.42 Å². The Hall–Kier alpha value is -3.63. The van der Waals surface area contributed by atoms with E-state index in [1.54, 1.807) is 5.56 Å². The van der Waals surface area contributed by atoms with E-state index < -0.39 is 0 Å². The Bertz CT molecular complexity index is 1490. The van der Waals surface area contributed by atoms with Gasteiger partial charge in [-0.2, -0.15) is 5.26 Å². The lowest BCUT2D eigenvalue weighted by Gasteiger charge is -2.29. The maximum absolute atomic E-state index is 9.05. The molecule has 45 heavy (non-hydrogen) atoms. The molecule has 6 rings (SSSR count). The Kier molecular flexibility index (Phi) is 10.9. The molecular formula is C44H51N. The molecular weight excluding hydrogens is 542 g/mol. The summed E-state index contributed by atoms with van der Waals surface area (Å²) < 4.78 is 0. The zero-order valence-corrected chi connectivity index (χ0v) is 27.4. The first-order chi connectivity index (χ1) is 22.2. The van der Waals surface area contributed by atoms with Crippen molar-refractivity contribution < 1.29 is 0 Å². The number of hydrogen-bond acceptors (Lipinski definition) is 1. The van der Waals surface area contributed by atoms with Crippen LogP contribution in [0.3, 0.4) is 0 Å². The van der Waals surface area contributed by atoms with E-state index in [1.165, 1.54) is 123 Å². The Morgan fingerprint density at radius 2 is 0.933 bits per heavy atom. The fourth-order valence-corrected chi connectivity index (χ4v) is 8.12. The van der Waals surface area contributed by atoms with E-state index >= 15 is 0 Å². The van der Waals surface area contributed by atoms with Gasteiger partial charge in [-0.25, -0.2) is 0 Å². The number of nitriles is 1. The molecule has 2 fully saturated rings. The van der Waals surface area contributed by atoms with Gasteiger partial charge in [0.1, 0.15) is 0 Å².